The number of nitrogens with zero attached hydrogens (tertiary/aromatic N) is 1. The van der Waals surface area contributed by atoms with Crippen molar-refractivity contribution in [1.29, 1.82) is 0 Å². The Balaban J connectivity index is 7.11. The predicted octanol–water partition coefficient (Wildman–Crippen LogP) is 7.26. The van der Waals surface area contributed by atoms with Crippen LogP contribution in [0.1, 0.15) is 0 Å². The molecule has 0 aromatic heterocycles. The first kappa shape index (κ1) is 42.9. The van der Waals surface area contributed by atoms with E-state index in [0.717, 1.165) is 0 Å². The van der Waals surface area contributed by atoms with Crippen molar-refractivity contribution < 1.29 is 40.4 Å². The SMILES string of the molecule is CO/N=C\[C@H](O[Si](C)(C)C)[C@@H](O[Si](C)(C)C)[C@H](O[Si](C)(C)C)[C@@H](CO[P+]([O-])(O[Si](C)(C)C)O[Si](C)(C)C)O[Si](C)(C)C. The lowest BCUT2D eigenvalue weighted by Crippen LogP contribution is -2.59. The first-order valence-electron chi connectivity index (χ1n) is 14.8. The van der Waals surface area contributed by atoms with E-state index in [1.807, 2.05) is 39.3 Å². The lowest BCUT2D eigenvalue weighted by Gasteiger charge is -2.44. The van der Waals surface area contributed by atoms with Gasteiger partial charge in [0.2, 0.25) is 16.6 Å². The highest BCUT2D eigenvalue weighted by Crippen LogP contribution is 2.58. The van der Waals surface area contributed by atoms with E-state index < -0.39 is 82.5 Å². The molecule has 0 rings (SSSR count). The van der Waals surface area contributed by atoms with E-state index >= 15 is 0 Å². The van der Waals surface area contributed by atoms with Crippen LogP contribution in [0.2, 0.25) is 118 Å². The summed E-state index contributed by atoms with van der Waals surface area (Å²) in [5.41, 5.74) is 0. The van der Waals surface area contributed by atoms with E-state index in [2.05, 4.69) is 83.7 Å². The molecule has 0 N–H and O–H groups in total. The minimum absolute atomic E-state index is 0.0572. The van der Waals surface area contributed by atoms with Gasteiger partial charge in [0, 0.05) is 0 Å². The summed E-state index contributed by atoms with van der Waals surface area (Å²) >= 11 is 0. The summed E-state index contributed by atoms with van der Waals surface area (Å²) in [5.74, 6) is 0. The largest absolute Gasteiger partial charge is 0.607 e. The number of oxime groups is 1. The van der Waals surface area contributed by atoms with Crippen molar-refractivity contribution in [1.82, 2.24) is 0 Å². The number of hydrogen-bond acceptors (Lipinski definition) is 10. The molecule has 0 heterocycles. The quantitative estimate of drug-likeness (QED) is 0.0556. The zero-order chi connectivity index (χ0) is 33.6. The summed E-state index contributed by atoms with van der Waals surface area (Å²) in [4.78, 5) is 19.2. The summed E-state index contributed by atoms with van der Waals surface area (Å²) in [7, 11) is -15.7. The normalized spacial score (nSPS) is 17.8. The van der Waals surface area contributed by atoms with E-state index in [9.17, 15) is 4.89 Å². The maximum atomic E-state index is 14.1. The fraction of sp³-hybridized carbons (Fsp3) is 0.960. The van der Waals surface area contributed by atoms with Crippen LogP contribution in [0.4, 0.5) is 0 Å². The van der Waals surface area contributed by atoms with Crippen LogP contribution in [0.3, 0.4) is 0 Å². The molecule has 0 saturated carbocycles. The topological polar surface area (TPSA) is 109 Å². The van der Waals surface area contributed by atoms with E-state index in [1.165, 1.54) is 7.11 Å². The second kappa shape index (κ2) is 16.1. The minimum Gasteiger partial charge on any atom is -0.607 e. The maximum Gasteiger partial charge on any atom is 0.356 e. The fourth-order valence-corrected chi connectivity index (χ4v) is 14.7. The Bertz CT molecular complexity index is 815. The molecule has 4 atom stereocenters. The summed E-state index contributed by atoms with van der Waals surface area (Å²) < 4.78 is 45.7. The first-order chi connectivity index (χ1) is 18.3. The monoisotopic (exact) mass is 721 g/mol. The highest BCUT2D eigenvalue weighted by molar-refractivity contribution is 7.57. The van der Waals surface area contributed by atoms with Gasteiger partial charge in [-0.05, 0) is 118 Å². The van der Waals surface area contributed by atoms with Gasteiger partial charge in [0.1, 0.15) is 38.1 Å². The molecule has 0 amide bonds. The average Bonchev–Trinajstić information content (AvgIpc) is 2.65. The average molecular weight is 722 g/mol. The van der Waals surface area contributed by atoms with Gasteiger partial charge >= 0.3 is 8.17 Å². The van der Waals surface area contributed by atoms with E-state index in [1.54, 1.807) is 6.21 Å². The second-order valence-electron chi connectivity index (χ2n) is 16.4. The van der Waals surface area contributed by atoms with Crippen LogP contribution in [0.5, 0.6) is 0 Å². The molecule has 0 bridgehead atoms. The molecule has 17 heteroatoms. The smallest absolute Gasteiger partial charge is 0.356 e. The lowest BCUT2D eigenvalue weighted by atomic mass is 10.0. The van der Waals surface area contributed by atoms with Crippen LogP contribution in [0, 0.1) is 0 Å². The molecule has 0 aromatic carbocycles. The van der Waals surface area contributed by atoms with E-state index in [-0.39, 0.29) is 6.61 Å². The third-order valence-corrected chi connectivity index (χ3v) is 15.1. The molecule has 10 nitrogen and oxygen atoms in total. The standard InChI is InChI=1S/C25H64NO9PSi6/c1-28-26-20-22(30-37(2,3)4)24(32-39(8,9)10)25(33-40(11,12)13)23(31-38(5,6)7)21-29-36(27,34-41(14,15)16)35-42(17,18)19/h20,22-25H,21H2,1-19H3/b26-20-/t22-,23+,24+,25+/m0/s1. The number of hydrogen-bond donors (Lipinski definition) is 0. The van der Waals surface area contributed by atoms with Gasteiger partial charge in [-0.3, -0.25) is 0 Å². The molecular weight excluding hydrogens is 658 g/mol. The third kappa shape index (κ3) is 21.6. The van der Waals surface area contributed by atoms with E-state index in [0.29, 0.717) is 0 Å². The van der Waals surface area contributed by atoms with Crippen molar-refractivity contribution in [3.63, 3.8) is 0 Å². The van der Waals surface area contributed by atoms with Crippen molar-refractivity contribution in [2.45, 2.75) is 142 Å². The van der Waals surface area contributed by atoms with Gasteiger partial charge in [-0.15, -0.1) is 0 Å². The molecule has 0 radical (unpaired) electrons. The van der Waals surface area contributed by atoms with Crippen LogP contribution in [-0.2, 0) is 35.5 Å². The fourth-order valence-electron chi connectivity index (χ4n) is 3.76. The zero-order valence-electron chi connectivity index (χ0n) is 30.2. The molecule has 0 aliphatic carbocycles. The van der Waals surface area contributed by atoms with Crippen LogP contribution < -0.4 is 4.89 Å². The molecule has 0 saturated heterocycles. The lowest BCUT2D eigenvalue weighted by molar-refractivity contribution is -0.235. The summed E-state index contributed by atoms with van der Waals surface area (Å²) in [6.45, 7) is 37.2. The number of rotatable bonds is 20. The molecule has 42 heavy (non-hydrogen) atoms. The molecule has 0 aliphatic rings. The zero-order valence-corrected chi connectivity index (χ0v) is 37.1. The van der Waals surface area contributed by atoms with Gasteiger partial charge < -0.3 is 27.4 Å². The Hall–Kier alpha value is 0.881. The van der Waals surface area contributed by atoms with Crippen LogP contribution >= 0.6 is 8.17 Å². The Morgan fingerprint density at radius 3 is 1.29 bits per heavy atom. The van der Waals surface area contributed by atoms with Crippen molar-refractivity contribution in [3.05, 3.63) is 0 Å². The van der Waals surface area contributed by atoms with Crippen LogP contribution in [-0.4, -0.2) is 94.3 Å². The van der Waals surface area contributed by atoms with Gasteiger partial charge in [0.15, 0.2) is 33.3 Å². The molecule has 0 aliphatic heterocycles. The second-order valence-corrected chi connectivity index (χ2v) is 45.3. The third-order valence-electron chi connectivity index (χ3n) is 4.47. The summed E-state index contributed by atoms with van der Waals surface area (Å²) in [5, 5.41) is 4.11. The summed E-state index contributed by atoms with van der Waals surface area (Å²) in [6.07, 6.45) is -0.761. The van der Waals surface area contributed by atoms with Gasteiger partial charge in [0.25, 0.3) is 0 Å². The van der Waals surface area contributed by atoms with Crippen molar-refractivity contribution >= 4 is 64.3 Å². The molecule has 0 aromatic rings. The van der Waals surface area contributed by atoms with Crippen LogP contribution in [0.15, 0.2) is 5.16 Å². The predicted molar refractivity (Wildman–Crippen MR) is 190 cm³/mol. The van der Waals surface area contributed by atoms with Gasteiger partial charge in [-0.1, -0.05) is 5.16 Å². The van der Waals surface area contributed by atoms with Crippen molar-refractivity contribution in [3.8, 4) is 0 Å². The highest BCUT2D eigenvalue weighted by Gasteiger charge is 2.48. The van der Waals surface area contributed by atoms with E-state index in [4.69, 9.17) is 35.5 Å². The Labute approximate surface area is 265 Å². The Morgan fingerprint density at radius 1 is 0.571 bits per heavy atom. The highest BCUT2D eigenvalue weighted by atomic mass is 31.2. The molecule has 0 fully saturated rings. The molecule has 0 unspecified atom stereocenters. The van der Waals surface area contributed by atoms with Gasteiger partial charge in [-0.25, -0.2) is 8.43 Å². The minimum atomic E-state index is -3.91. The molecular formula is C25H64NO9PSi6. The summed E-state index contributed by atoms with van der Waals surface area (Å²) in [6, 6.07) is 0. The van der Waals surface area contributed by atoms with Gasteiger partial charge in [0.05, 0.1) is 6.21 Å². The van der Waals surface area contributed by atoms with Gasteiger partial charge in [-0.2, -0.15) is 4.52 Å². The number of phosphoric acid groups is 1. The maximum absolute atomic E-state index is 14.1. The first-order valence-corrected chi connectivity index (χ1v) is 36.7. The Morgan fingerprint density at radius 2 is 0.952 bits per heavy atom. The Kier molecular flexibility index (Phi) is 16.5. The van der Waals surface area contributed by atoms with Crippen molar-refractivity contribution in [2.24, 2.45) is 5.16 Å². The molecule has 0 spiro atoms. The molecule has 252 valence electrons. The van der Waals surface area contributed by atoms with Crippen molar-refractivity contribution in [2.75, 3.05) is 13.7 Å². The van der Waals surface area contributed by atoms with Crippen LogP contribution in [0.25, 0.3) is 0 Å².